The number of hydrogen-bond donors (Lipinski definition) is 0. The highest BCUT2D eigenvalue weighted by Gasteiger charge is 2.19. The van der Waals surface area contributed by atoms with E-state index in [1.165, 1.54) is 0 Å². The molecule has 8 rings (SSSR count). The van der Waals surface area contributed by atoms with Crippen molar-refractivity contribution in [3.05, 3.63) is 188 Å². The lowest BCUT2D eigenvalue weighted by molar-refractivity contribution is 0.481. The summed E-state index contributed by atoms with van der Waals surface area (Å²) in [7, 11) is 2.07. The maximum atomic E-state index is 6.68. The molecule has 248 valence electrons. The van der Waals surface area contributed by atoms with E-state index in [9.17, 15) is 0 Å². The minimum Gasteiger partial charge on any atom is -0.457 e. The van der Waals surface area contributed by atoms with Crippen LogP contribution in [0.2, 0.25) is 0 Å². The summed E-state index contributed by atoms with van der Waals surface area (Å²) in [4.78, 5) is 11.4. The fourth-order valence-corrected chi connectivity index (χ4v) is 6.21. The first kappa shape index (κ1) is 31.5. The summed E-state index contributed by atoms with van der Waals surface area (Å²) in [6.07, 6.45) is 6.03. The molecule has 0 saturated heterocycles. The molecular formula is C45H36N4O2. The van der Waals surface area contributed by atoms with Crippen molar-refractivity contribution in [2.24, 2.45) is 0 Å². The van der Waals surface area contributed by atoms with Gasteiger partial charge in [-0.1, -0.05) is 78.9 Å². The van der Waals surface area contributed by atoms with Gasteiger partial charge in [0.15, 0.2) is 0 Å². The highest BCUT2D eigenvalue weighted by atomic mass is 16.5. The molecule has 0 spiro atoms. The largest absolute Gasteiger partial charge is 0.457 e. The number of rotatable bonds is 10. The van der Waals surface area contributed by atoms with Crippen LogP contribution in [0.3, 0.4) is 0 Å². The maximum absolute atomic E-state index is 6.68. The first-order chi connectivity index (χ1) is 25.1. The topological polar surface area (TPSA) is 41.1 Å². The molecule has 0 aliphatic carbocycles. The Labute approximate surface area is 298 Å². The molecule has 6 heteroatoms. The maximum Gasteiger partial charge on any atom is 0.131 e. The number of hydrogen-bond acceptors (Lipinski definition) is 6. The summed E-state index contributed by atoms with van der Waals surface area (Å²) in [6.45, 7) is 0.748. The lowest BCUT2D eigenvalue weighted by Crippen LogP contribution is -2.22. The first-order valence-electron chi connectivity index (χ1n) is 16.9. The minimum absolute atomic E-state index is 0.723. The summed E-state index contributed by atoms with van der Waals surface area (Å²) >= 11 is 0. The highest BCUT2D eigenvalue weighted by Crippen LogP contribution is 2.40. The molecule has 1 aromatic heterocycles. The number of aromatic nitrogens is 1. The molecule has 7 aromatic rings. The summed E-state index contributed by atoms with van der Waals surface area (Å²) in [6, 6.07) is 57.4. The third kappa shape index (κ3) is 7.31. The van der Waals surface area contributed by atoms with Gasteiger partial charge in [0.25, 0.3) is 0 Å². The van der Waals surface area contributed by atoms with Crippen LogP contribution in [-0.2, 0) is 0 Å². The van der Waals surface area contributed by atoms with Gasteiger partial charge in [-0.05, 0) is 90.0 Å². The second-order valence-electron chi connectivity index (χ2n) is 12.4. The van der Waals surface area contributed by atoms with Crippen molar-refractivity contribution >= 4 is 22.7 Å². The van der Waals surface area contributed by atoms with E-state index in [1.807, 2.05) is 85.1 Å². The smallest absolute Gasteiger partial charge is 0.131 e. The first-order valence-corrected chi connectivity index (χ1v) is 16.9. The summed E-state index contributed by atoms with van der Waals surface area (Å²) < 4.78 is 12.8. The molecule has 0 saturated carbocycles. The molecule has 6 aromatic carbocycles. The Morgan fingerprint density at radius 3 is 1.75 bits per heavy atom. The minimum atomic E-state index is 0.723. The van der Waals surface area contributed by atoms with E-state index >= 15 is 0 Å². The monoisotopic (exact) mass is 664 g/mol. The van der Waals surface area contributed by atoms with E-state index in [0.29, 0.717) is 0 Å². The molecule has 2 heterocycles. The molecule has 0 bridgehead atoms. The Morgan fingerprint density at radius 1 is 0.490 bits per heavy atom. The van der Waals surface area contributed by atoms with Crippen LogP contribution in [0, 0.1) is 0 Å². The summed E-state index contributed by atoms with van der Waals surface area (Å²) in [5.74, 6) is 3.04. The van der Waals surface area contributed by atoms with Crippen molar-refractivity contribution in [1.82, 2.24) is 9.88 Å². The fraction of sp³-hybridized carbons (Fsp3) is 0.0444. The number of ether oxygens (including phenoxy) is 2. The quantitative estimate of drug-likeness (QED) is 0.145. The van der Waals surface area contributed by atoms with Gasteiger partial charge in [0.1, 0.15) is 23.0 Å². The van der Waals surface area contributed by atoms with Crippen molar-refractivity contribution in [3.63, 3.8) is 0 Å². The van der Waals surface area contributed by atoms with Crippen LogP contribution >= 0.6 is 0 Å². The molecule has 1 aliphatic rings. The van der Waals surface area contributed by atoms with Gasteiger partial charge < -0.3 is 24.2 Å². The second kappa shape index (κ2) is 14.4. The predicted molar refractivity (Wildman–Crippen MR) is 207 cm³/mol. The van der Waals surface area contributed by atoms with E-state index in [2.05, 4.69) is 125 Å². The Morgan fingerprint density at radius 2 is 1.08 bits per heavy atom. The number of benzene rings is 6. The van der Waals surface area contributed by atoms with Crippen LogP contribution in [0.5, 0.6) is 23.0 Å². The number of para-hydroxylation sites is 3. The van der Waals surface area contributed by atoms with Crippen molar-refractivity contribution in [2.45, 2.75) is 0 Å². The van der Waals surface area contributed by atoms with Gasteiger partial charge in [-0.3, -0.25) is 4.98 Å². The highest BCUT2D eigenvalue weighted by molar-refractivity contribution is 5.80. The van der Waals surface area contributed by atoms with E-state index in [-0.39, 0.29) is 0 Å². The van der Waals surface area contributed by atoms with Crippen molar-refractivity contribution in [3.8, 4) is 45.4 Å². The summed E-state index contributed by atoms with van der Waals surface area (Å²) in [5, 5.41) is 0. The standard InChI is InChI=1S/C45H36N4O2/c1-47-25-26-48(33-47)39-30-40(49(37-15-5-2-6-16-37)38-17-7-3-8-18-38)32-44(31-39)51-43-22-12-14-36(28-43)45-29-35(23-24-46-45)34-13-11-21-42(27-34)50-41-19-9-4-10-20-41/h2-32H,33H2,1H3. The SMILES string of the molecule is CN1C=CN(c2cc(Oc3cccc(-c4cc(-c5cccc(Oc6ccccc6)c5)ccn4)c3)cc(N(c3ccccc3)c3ccccc3)c2)C1. The molecule has 6 nitrogen and oxygen atoms in total. The third-order valence-electron chi connectivity index (χ3n) is 8.64. The molecule has 0 N–H and O–H groups in total. The Kier molecular flexibility index (Phi) is 8.87. The molecule has 1 aliphatic heterocycles. The van der Waals surface area contributed by atoms with Crippen LogP contribution in [0.1, 0.15) is 0 Å². The zero-order valence-corrected chi connectivity index (χ0v) is 28.2. The van der Waals surface area contributed by atoms with Gasteiger partial charge >= 0.3 is 0 Å². The van der Waals surface area contributed by atoms with Gasteiger partial charge in [0.2, 0.25) is 0 Å². The van der Waals surface area contributed by atoms with E-state index in [0.717, 1.165) is 74.8 Å². The molecule has 0 unspecified atom stereocenters. The zero-order valence-electron chi connectivity index (χ0n) is 28.2. The van der Waals surface area contributed by atoms with Gasteiger partial charge in [-0.2, -0.15) is 0 Å². The van der Waals surface area contributed by atoms with Crippen molar-refractivity contribution in [1.29, 1.82) is 0 Å². The molecular weight excluding hydrogens is 629 g/mol. The van der Waals surface area contributed by atoms with Gasteiger partial charge in [-0.15, -0.1) is 0 Å². The molecule has 0 atom stereocenters. The third-order valence-corrected chi connectivity index (χ3v) is 8.64. The zero-order chi connectivity index (χ0) is 34.4. The molecule has 0 fully saturated rings. The van der Waals surface area contributed by atoms with Crippen LogP contribution in [0.25, 0.3) is 22.4 Å². The second-order valence-corrected chi connectivity index (χ2v) is 12.4. The van der Waals surface area contributed by atoms with E-state index in [1.54, 1.807) is 0 Å². The molecule has 51 heavy (non-hydrogen) atoms. The van der Waals surface area contributed by atoms with Gasteiger partial charge in [0, 0.05) is 60.4 Å². The fourth-order valence-electron chi connectivity index (χ4n) is 6.21. The van der Waals surface area contributed by atoms with Crippen molar-refractivity contribution in [2.75, 3.05) is 23.5 Å². The van der Waals surface area contributed by atoms with Crippen LogP contribution in [-0.4, -0.2) is 23.6 Å². The lowest BCUT2D eigenvalue weighted by Gasteiger charge is -2.28. The van der Waals surface area contributed by atoms with Gasteiger partial charge in [-0.25, -0.2) is 0 Å². The predicted octanol–water partition coefficient (Wildman–Crippen LogP) is 11.7. The van der Waals surface area contributed by atoms with Crippen LogP contribution in [0.4, 0.5) is 22.7 Å². The average molecular weight is 665 g/mol. The van der Waals surface area contributed by atoms with E-state index < -0.39 is 0 Å². The Balaban J connectivity index is 1.11. The van der Waals surface area contributed by atoms with Crippen LogP contribution < -0.4 is 19.3 Å². The molecule has 0 radical (unpaired) electrons. The van der Waals surface area contributed by atoms with Gasteiger partial charge in [0.05, 0.1) is 18.1 Å². The normalized spacial score (nSPS) is 12.2. The lowest BCUT2D eigenvalue weighted by atomic mass is 10.0. The summed E-state index contributed by atoms with van der Waals surface area (Å²) in [5.41, 5.74) is 8.06. The Bertz CT molecular complexity index is 2240. The number of pyridine rings is 1. The Hall–Kier alpha value is -6.79. The average Bonchev–Trinajstić information content (AvgIpc) is 3.63. The van der Waals surface area contributed by atoms with Crippen molar-refractivity contribution < 1.29 is 9.47 Å². The van der Waals surface area contributed by atoms with E-state index in [4.69, 9.17) is 14.5 Å². The molecule has 0 amide bonds. The van der Waals surface area contributed by atoms with Crippen LogP contribution in [0.15, 0.2) is 188 Å². The number of anilines is 4. The number of nitrogens with zero attached hydrogens (tertiary/aromatic N) is 4.